The Hall–Kier alpha value is -4.24. The van der Waals surface area contributed by atoms with Gasteiger partial charge in [-0.1, -0.05) is 13.8 Å². The zero-order chi connectivity index (χ0) is 26.6. The molecular weight excluding hydrogens is 470 g/mol. The van der Waals surface area contributed by atoms with Crippen molar-refractivity contribution in [2.45, 2.75) is 13.8 Å². The van der Waals surface area contributed by atoms with Crippen molar-refractivity contribution in [3.05, 3.63) is 72.3 Å². The van der Waals surface area contributed by atoms with Crippen LogP contribution in [0.25, 0.3) is 0 Å². The van der Waals surface area contributed by atoms with Crippen LogP contribution in [0.3, 0.4) is 0 Å². The summed E-state index contributed by atoms with van der Waals surface area (Å²) in [6, 6.07) is 19.2. The van der Waals surface area contributed by atoms with Gasteiger partial charge in [0.25, 0.3) is 5.91 Å². The molecule has 0 saturated heterocycles. The van der Waals surface area contributed by atoms with Crippen LogP contribution in [0.15, 0.2) is 66.7 Å². The number of anilines is 3. The zero-order valence-corrected chi connectivity index (χ0v) is 21.8. The lowest BCUT2D eigenvalue weighted by Gasteiger charge is -2.18. The predicted octanol–water partition coefficient (Wildman–Crippen LogP) is 5.24. The molecule has 3 rings (SSSR count). The van der Waals surface area contributed by atoms with E-state index in [4.69, 9.17) is 9.47 Å². The first-order chi connectivity index (χ1) is 17.9. The minimum absolute atomic E-state index is 0.222. The molecule has 3 amide bonds. The van der Waals surface area contributed by atoms with E-state index in [2.05, 4.69) is 40.0 Å². The molecule has 3 aromatic rings. The van der Waals surface area contributed by atoms with Gasteiger partial charge >= 0.3 is 6.03 Å². The van der Waals surface area contributed by atoms with Crippen molar-refractivity contribution < 1.29 is 19.1 Å². The fraction of sp³-hybridized carbons (Fsp3) is 0.286. The minimum atomic E-state index is -0.421. The number of carbonyl (C=O) groups excluding carboxylic acids is 2. The molecule has 196 valence electrons. The molecule has 0 atom stereocenters. The van der Waals surface area contributed by atoms with Crippen LogP contribution in [0.4, 0.5) is 21.9 Å². The highest BCUT2D eigenvalue weighted by Gasteiger charge is 2.14. The minimum Gasteiger partial charge on any atom is -0.496 e. The number of hydrogen-bond donors (Lipinski definition) is 4. The van der Waals surface area contributed by atoms with Crippen LogP contribution in [-0.4, -0.2) is 57.2 Å². The van der Waals surface area contributed by atoms with Crippen molar-refractivity contribution >= 4 is 29.0 Å². The Bertz CT molecular complexity index is 1160. The Balaban J connectivity index is 1.54. The second-order valence-corrected chi connectivity index (χ2v) is 8.18. The van der Waals surface area contributed by atoms with Crippen molar-refractivity contribution in [1.29, 1.82) is 0 Å². The molecule has 0 radical (unpaired) electrons. The zero-order valence-electron chi connectivity index (χ0n) is 21.8. The number of ether oxygens (including phenoxy) is 2. The Morgan fingerprint density at radius 2 is 1.38 bits per heavy atom. The van der Waals surface area contributed by atoms with Crippen LogP contribution in [0, 0.1) is 0 Å². The smallest absolute Gasteiger partial charge is 0.323 e. The highest BCUT2D eigenvalue weighted by Crippen LogP contribution is 2.25. The van der Waals surface area contributed by atoms with Crippen LogP contribution < -0.4 is 30.7 Å². The second-order valence-electron chi connectivity index (χ2n) is 8.18. The summed E-state index contributed by atoms with van der Waals surface area (Å²) in [4.78, 5) is 27.3. The Labute approximate surface area is 218 Å². The first kappa shape index (κ1) is 27.3. The van der Waals surface area contributed by atoms with Crippen molar-refractivity contribution in [2.75, 3.05) is 56.3 Å². The SMILES string of the molecule is CCN(CC)CCNC(=O)c1ccc(NC(=O)Nc2ccc(Oc3ccc(NC)cc3)cc2)cc1OC. The van der Waals surface area contributed by atoms with Crippen LogP contribution in [0.5, 0.6) is 17.2 Å². The lowest BCUT2D eigenvalue weighted by Crippen LogP contribution is -2.34. The largest absolute Gasteiger partial charge is 0.496 e. The van der Waals surface area contributed by atoms with Gasteiger partial charge in [0, 0.05) is 43.3 Å². The number of urea groups is 1. The first-order valence-electron chi connectivity index (χ1n) is 12.3. The number of likely N-dealkylation sites (N-methyl/N-ethyl adjacent to an activating group) is 1. The summed E-state index contributed by atoms with van der Waals surface area (Å²) in [5.74, 6) is 1.52. The van der Waals surface area contributed by atoms with Gasteiger partial charge in [-0.25, -0.2) is 4.79 Å². The monoisotopic (exact) mass is 505 g/mol. The van der Waals surface area contributed by atoms with E-state index in [0.717, 1.165) is 25.3 Å². The molecule has 0 aliphatic heterocycles. The van der Waals surface area contributed by atoms with Gasteiger partial charge in [0.05, 0.1) is 12.7 Å². The first-order valence-corrected chi connectivity index (χ1v) is 12.3. The number of carbonyl (C=O) groups is 2. The van der Waals surface area contributed by atoms with Gasteiger partial charge in [-0.2, -0.15) is 0 Å². The van der Waals surface area contributed by atoms with Crippen molar-refractivity contribution in [1.82, 2.24) is 10.2 Å². The predicted molar refractivity (Wildman–Crippen MR) is 148 cm³/mol. The number of amides is 3. The van der Waals surface area contributed by atoms with E-state index in [1.807, 2.05) is 31.3 Å². The van der Waals surface area contributed by atoms with Gasteiger partial charge in [0.1, 0.15) is 17.2 Å². The summed E-state index contributed by atoms with van der Waals surface area (Å²) in [5.41, 5.74) is 2.51. The normalized spacial score (nSPS) is 10.5. The third kappa shape index (κ3) is 8.15. The van der Waals surface area contributed by atoms with Gasteiger partial charge < -0.3 is 35.6 Å². The maximum atomic E-state index is 12.6. The third-order valence-electron chi connectivity index (χ3n) is 5.80. The summed E-state index contributed by atoms with van der Waals surface area (Å²) in [5, 5.41) is 11.5. The summed E-state index contributed by atoms with van der Waals surface area (Å²) < 4.78 is 11.2. The highest BCUT2D eigenvalue weighted by atomic mass is 16.5. The number of nitrogens with zero attached hydrogens (tertiary/aromatic N) is 1. The highest BCUT2D eigenvalue weighted by molar-refractivity contribution is 6.01. The fourth-order valence-corrected chi connectivity index (χ4v) is 3.64. The Kier molecular flexibility index (Phi) is 10.2. The van der Waals surface area contributed by atoms with Gasteiger partial charge in [-0.15, -0.1) is 0 Å². The molecule has 37 heavy (non-hydrogen) atoms. The molecule has 0 bridgehead atoms. The number of hydrogen-bond acceptors (Lipinski definition) is 6. The number of methoxy groups -OCH3 is 1. The summed E-state index contributed by atoms with van der Waals surface area (Å²) in [6.07, 6.45) is 0. The molecule has 4 N–H and O–H groups in total. The second kappa shape index (κ2) is 13.7. The number of rotatable bonds is 12. The average molecular weight is 506 g/mol. The molecule has 9 nitrogen and oxygen atoms in total. The van der Waals surface area contributed by atoms with Crippen molar-refractivity contribution in [2.24, 2.45) is 0 Å². The molecule has 0 unspecified atom stereocenters. The molecule has 0 fully saturated rings. The quantitative estimate of drug-likeness (QED) is 0.268. The van der Waals surface area contributed by atoms with Crippen LogP contribution in [-0.2, 0) is 0 Å². The van der Waals surface area contributed by atoms with Crippen LogP contribution in [0.2, 0.25) is 0 Å². The van der Waals surface area contributed by atoms with E-state index in [9.17, 15) is 9.59 Å². The number of nitrogens with one attached hydrogen (secondary N) is 4. The van der Waals surface area contributed by atoms with E-state index < -0.39 is 6.03 Å². The summed E-state index contributed by atoms with van der Waals surface area (Å²) >= 11 is 0. The lowest BCUT2D eigenvalue weighted by molar-refractivity contribution is 0.0946. The molecule has 0 aliphatic rings. The standard InChI is InChI=1S/C28H35N5O4/c1-5-33(6-2)18-17-30-27(34)25-16-11-22(19-26(25)36-4)32-28(35)31-21-9-14-24(15-10-21)37-23-12-7-20(29-3)8-13-23/h7-16,19,29H,5-6,17-18H2,1-4H3,(H,30,34)(H2,31,32,35). The van der Waals surface area contributed by atoms with E-state index in [0.29, 0.717) is 40.7 Å². The Morgan fingerprint density at radius 3 is 1.95 bits per heavy atom. The maximum Gasteiger partial charge on any atom is 0.323 e. The lowest BCUT2D eigenvalue weighted by atomic mass is 10.1. The van der Waals surface area contributed by atoms with Crippen molar-refractivity contribution in [3.63, 3.8) is 0 Å². The molecule has 9 heteroatoms. The molecule has 0 aliphatic carbocycles. The van der Waals surface area contributed by atoms with E-state index >= 15 is 0 Å². The molecule has 3 aromatic carbocycles. The maximum absolute atomic E-state index is 12.6. The Morgan fingerprint density at radius 1 is 0.811 bits per heavy atom. The molecule has 0 saturated carbocycles. The van der Waals surface area contributed by atoms with Gasteiger partial charge in [-0.3, -0.25) is 4.79 Å². The number of benzene rings is 3. The van der Waals surface area contributed by atoms with Gasteiger partial charge in [0.2, 0.25) is 0 Å². The van der Waals surface area contributed by atoms with Crippen LogP contribution in [0.1, 0.15) is 24.2 Å². The topological polar surface area (TPSA) is 104 Å². The van der Waals surface area contributed by atoms with Gasteiger partial charge in [-0.05, 0) is 73.8 Å². The molecule has 0 heterocycles. The van der Waals surface area contributed by atoms with Crippen LogP contribution >= 0.6 is 0 Å². The average Bonchev–Trinajstić information content (AvgIpc) is 2.92. The molecule has 0 spiro atoms. The van der Waals surface area contributed by atoms with Crippen molar-refractivity contribution in [3.8, 4) is 17.2 Å². The fourth-order valence-electron chi connectivity index (χ4n) is 3.64. The molecule has 0 aromatic heterocycles. The summed E-state index contributed by atoms with van der Waals surface area (Å²) in [6.45, 7) is 7.36. The summed E-state index contributed by atoms with van der Waals surface area (Å²) in [7, 11) is 3.35. The van der Waals surface area contributed by atoms with E-state index in [-0.39, 0.29) is 5.91 Å². The third-order valence-corrected chi connectivity index (χ3v) is 5.80. The molecular formula is C28H35N5O4. The van der Waals surface area contributed by atoms with Gasteiger partial charge in [0.15, 0.2) is 0 Å². The van der Waals surface area contributed by atoms with E-state index in [1.54, 1.807) is 42.5 Å². The van der Waals surface area contributed by atoms with E-state index in [1.165, 1.54) is 7.11 Å².